The van der Waals surface area contributed by atoms with Crippen LogP contribution in [0.15, 0.2) is 16.8 Å². The van der Waals surface area contributed by atoms with Gasteiger partial charge in [0.1, 0.15) is 5.69 Å². The highest BCUT2D eigenvalue weighted by Gasteiger charge is 2.34. The van der Waals surface area contributed by atoms with Crippen LogP contribution in [0.2, 0.25) is 0 Å². The van der Waals surface area contributed by atoms with Crippen molar-refractivity contribution in [2.45, 2.75) is 31.8 Å². The van der Waals surface area contributed by atoms with E-state index in [4.69, 9.17) is 4.74 Å². The second kappa shape index (κ2) is 6.05. The second-order valence-corrected chi connectivity index (χ2v) is 7.18. The predicted octanol–water partition coefficient (Wildman–Crippen LogP) is 2.14. The van der Waals surface area contributed by atoms with E-state index in [0.717, 1.165) is 29.4 Å². The summed E-state index contributed by atoms with van der Waals surface area (Å²) in [6.07, 6.45) is 2.57. The smallest absolute Gasteiger partial charge is 0.255 e. The number of amides is 1. The van der Waals surface area contributed by atoms with Gasteiger partial charge in [-0.2, -0.15) is 11.3 Å². The first-order chi connectivity index (χ1) is 11.3. The van der Waals surface area contributed by atoms with E-state index in [9.17, 15) is 4.79 Å². The summed E-state index contributed by atoms with van der Waals surface area (Å²) in [5.74, 6) is 0.948. The summed E-state index contributed by atoms with van der Waals surface area (Å²) in [7, 11) is 1.70. The lowest BCUT2D eigenvalue weighted by molar-refractivity contribution is 0.0673. The quantitative estimate of drug-likeness (QED) is 0.842. The SMILES string of the molecule is COC[C@H]1CN(C(=O)c2ccsc2)Cc2nnn(CC3CC3)c21. The fourth-order valence-corrected chi connectivity index (χ4v) is 3.88. The molecule has 122 valence electrons. The first kappa shape index (κ1) is 14.8. The van der Waals surface area contributed by atoms with Crippen molar-refractivity contribution in [1.29, 1.82) is 0 Å². The standard InChI is InChI=1S/C16H20N4O2S/c1-22-9-13-7-19(16(21)12-4-5-23-10-12)8-14-15(13)20(18-17-14)6-11-2-3-11/h4-5,10-11,13H,2-3,6-9H2,1H3/t13-/m1/s1. The Morgan fingerprint density at radius 3 is 3.04 bits per heavy atom. The maximum Gasteiger partial charge on any atom is 0.255 e. The minimum atomic E-state index is 0.0646. The number of hydrogen-bond donors (Lipinski definition) is 0. The van der Waals surface area contributed by atoms with Gasteiger partial charge in [-0.1, -0.05) is 5.21 Å². The summed E-state index contributed by atoms with van der Waals surface area (Å²) in [6.45, 7) is 2.72. The van der Waals surface area contributed by atoms with Gasteiger partial charge in [0.15, 0.2) is 0 Å². The van der Waals surface area contributed by atoms with Crippen LogP contribution in [-0.4, -0.2) is 46.1 Å². The van der Waals surface area contributed by atoms with Crippen LogP contribution >= 0.6 is 11.3 Å². The molecule has 0 aromatic carbocycles. The Bertz CT molecular complexity index is 693. The molecule has 0 radical (unpaired) electrons. The van der Waals surface area contributed by atoms with Gasteiger partial charge >= 0.3 is 0 Å². The van der Waals surface area contributed by atoms with Crippen LogP contribution in [0, 0.1) is 5.92 Å². The van der Waals surface area contributed by atoms with E-state index < -0.39 is 0 Å². The average Bonchev–Trinajstić information content (AvgIpc) is 3.04. The average molecular weight is 332 g/mol. The molecule has 2 aromatic heterocycles. The monoisotopic (exact) mass is 332 g/mol. The van der Waals surface area contributed by atoms with Crippen LogP contribution < -0.4 is 0 Å². The van der Waals surface area contributed by atoms with Gasteiger partial charge in [-0.05, 0) is 30.2 Å². The molecule has 1 fully saturated rings. The zero-order valence-corrected chi connectivity index (χ0v) is 14.0. The van der Waals surface area contributed by atoms with E-state index in [1.54, 1.807) is 18.4 Å². The molecule has 2 aliphatic rings. The number of aromatic nitrogens is 3. The summed E-state index contributed by atoms with van der Waals surface area (Å²) in [4.78, 5) is 14.5. The molecule has 0 spiro atoms. The number of rotatable bonds is 5. The van der Waals surface area contributed by atoms with Crippen molar-refractivity contribution in [2.75, 3.05) is 20.3 Å². The van der Waals surface area contributed by atoms with Gasteiger partial charge in [-0.15, -0.1) is 5.10 Å². The van der Waals surface area contributed by atoms with Crippen molar-refractivity contribution in [3.05, 3.63) is 33.8 Å². The van der Waals surface area contributed by atoms with Crippen molar-refractivity contribution in [3.8, 4) is 0 Å². The van der Waals surface area contributed by atoms with Crippen molar-refractivity contribution < 1.29 is 9.53 Å². The fourth-order valence-electron chi connectivity index (χ4n) is 3.25. The third-order valence-electron chi connectivity index (χ3n) is 4.57. The van der Waals surface area contributed by atoms with Gasteiger partial charge < -0.3 is 9.64 Å². The van der Waals surface area contributed by atoms with Gasteiger partial charge in [-0.25, -0.2) is 4.68 Å². The van der Waals surface area contributed by atoms with E-state index in [1.165, 1.54) is 12.8 Å². The molecule has 0 unspecified atom stereocenters. The first-order valence-corrected chi connectivity index (χ1v) is 8.93. The Balaban J connectivity index is 1.60. The first-order valence-electron chi connectivity index (χ1n) is 7.99. The number of hydrogen-bond acceptors (Lipinski definition) is 5. The van der Waals surface area contributed by atoms with Crippen LogP contribution in [0.4, 0.5) is 0 Å². The molecule has 7 heteroatoms. The van der Waals surface area contributed by atoms with Crippen molar-refractivity contribution in [3.63, 3.8) is 0 Å². The Labute approximate surface area is 139 Å². The number of methoxy groups -OCH3 is 1. The summed E-state index contributed by atoms with van der Waals surface area (Å²) < 4.78 is 7.44. The summed E-state index contributed by atoms with van der Waals surface area (Å²) in [5, 5.41) is 12.5. The third-order valence-corrected chi connectivity index (χ3v) is 5.25. The van der Waals surface area contributed by atoms with Crippen LogP contribution in [0.25, 0.3) is 0 Å². The van der Waals surface area contributed by atoms with Gasteiger partial charge in [0, 0.05) is 31.5 Å². The zero-order chi connectivity index (χ0) is 15.8. The Kier molecular flexibility index (Phi) is 3.90. The molecule has 1 aliphatic carbocycles. The van der Waals surface area contributed by atoms with E-state index in [2.05, 4.69) is 10.3 Å². The molecular weight excluding hydrogens is 312 g/mol. The molecule has 0 saturated heterocycles. The van der Waals surface area contributed by atoms with E-state index in [1.807, 2.05) is 26.4 Å². The van der Waals surface area contributed by atoms with Crippen LogP contribution in [0.3, 0.4) is 0 Å². The number of carbonyl (C=O) groups is 1. The number of carbonyl (C=O) groups excluding carboxylic acids is 1. The highest BCUT2D eigenvalue weighted by atomic mass is 32.1. The van der Waals surface area contributed by atoms with E-state index in [-0.39, 0.29) is 11.8 Å². The molecule has 23 heavy (non-hydrogen) atoms. The molecule has 2 aromatic rings. The Morgan fingerprint density at radius 1 is 1.48 bits per heavy atom. The van der Waals surface area contributed by atoms with Crippen LogP contribution in [0.1, 0.15) is 40.5 Å². The van der Waals surface area contributed by atoms with E-state index >= 15 is 0 Å². The molecule has 1 atom stereocenters. The lowest BCUT2D eigenvalue weighted by atomic mass is 9.98. The topological polar surface area (TPSA) is 60.2 Å². The maximum absolute atomic E-state index is 12.7. The molecule has 6 nitrogen and oxygen atoms in total. The molecule has 4 rings (SSSR count). The highest BCUT2D eigenvalue weighted by Crippen LogP contribution is 2.34. The zero-order valence-electron chi connectivity index (χ0n) is 13.1. The Morgan fingerprint density at radius 2 is 2.35 bits per heavy atom. The number of ether oxygens (including phenoxy) is 1. The van der Waals surface area contributed by atoms with Crippen LogP contribution in [-0.2, 0) is 17.8 Å². The summed E-state index contributed by atoms with van der Waals surface area (Å²) >= 11 is 1.54. The number of thiophene rings is 1. The predicted molar refractivity (Wildman–Crippen MR) is 86.4 cm³/mol. The van der Waals surface area contributed by atoms with Crippen LogP contribution in [0.5, 0.6) is 0 Å². The van der Waals surface area contributed by atoms with Gasteiger partial charge in [0.05, 0.1) is 24.4 Å². The lowest BCUT2D eigenvalue weighted by Crippen LogP contribution is -2.40. The summed E-state index contributed by atoms with van der Waals surface area (Å²) in [6, 6.07) is 1.87. The number of nitrogens with zero attached hydrogens (tertiary/aromatic N) is 4. The van der Waals surface area contributed by atoms with Gasteiger partial charge in [0.2, 0.25) is 0 Å². The molecule has 0 N–H and O–H groups in total. The maximum atomic E-state index is 12.7. The van der Waals surface area contributed by atoms with Gasteiger partial charge in [-0.3, -0.25) is 4.79 Å². The van der Waals surface area contributed by atoms with Crippen molar-refractivity contribution >= 4 is 17.2 Å². The van der Waals surface area contributed by atoms with Crippen molar-refractivity contribution in [2.24, 2.45) is 5.92 Å². The molecule has 3 heterocycles. The van der Waals surface area contributed by atoms with Gasteiger partial charge in [0.25, 0.3) is 5.91 Å². The molecule has 1 aliphatic heterocycles. The highest BCUT2D eigenvalue weighted by molar-refractivity contribution is 7.08. The third kappa shape index (κ3) is 2.90. The minimum Gasteiger partial charge on any atom is -0.384 e. The second-order valence-electron chi connectivity index (χ2n) is 6.40. The molecule has 1 amide bonds. The largest absolute Gasteiger partial charge is 0.384 e. The molecule has 1 saturated carbocycles. The molecular formula is C16H20N4O2S. The normalized spacial score (nSPS) is 20.6. The van der Waals surface area contributed by atoms with E-state index in [0.29, 0.717) is 19.7 Å². The number of fused-ring (bicyclic) bond motifs is 1. The summed E-state index contributed by atoms with van der Waals surface area (Å²) in [5.41, 5.74) is 2.83. The fraction of sp³-hybridized carbons (Fsp3) is 0.562. The van der Waals surface area contributed by atoms with Crippen molar-refractivity contribution in [1.82, 2.24) is 19.9 Å². The minimum absolute atomic E-state index is 0.0646. The Hall–Kier alpha value is -1.73. The molecule has 0 bridgehead atoms. The lowest BCUT2D eigenvalue weighted by Gasteiger charge is -2.32.